The lowest BCUT2D eigenvalue weighted by Gasteiger charge is -2.30. The van der Waals surface area contributed by atoms with Crippen LogP contribution in [0.15, 0.2) is 47.7 Å². The molecule has 7 heteroatoms. The summed E-state index contributed by atoms with van der Waals surface area (Å²) in [6, 6.07) is 11.9. The average Bonchev–Trinajstić information content (AvgIpc) is 3.74. The second kappa shape index (κ2) is 8.05. The summed E-state index contributed by atoms with van der Waals surface area (Å²) < 4.78 is 6.51. The lowest BCUT2D eigenvalue weighted by molar-refractivity contribution is 0.475. The van der Waals surface area contributed by atoms with Crippen LogP contribution in [0.25, 0.3) is 16.8 Å². The Hall–Kier alpha value is -3.42. The zero-order chi connectivity index (χ0) is 23.6. The molecule has 0 radical (unpaired) electrons. The summed E-state index contributed by atoms with van der Waals surface area (Å²) in [4.78, 5) is 15.5. The number of ether oxygens (including phenoxy) is 1. The van der Waals surface area contributed by atoms with E-state index in [2.05, 4.69) is 62.0 Å². The molecule has 3 N–H and O–H groups in total. The van der Waals surface area contributed by atoms with Crippen LogP contribution in [0.3, 0.4) is 0 Å². The molecule has 7 nitrogen and oxygen atoms in total. The van der Waals surface area contributed by atoms with Crippen molar-refractivity contribution in [1.82, 2.24) is 20.6 Å². The van der Waals surface area contributed by atoms with Crippen LogP contribution in [0, 0.1) is 0 Å². The molecule has 36 heavy (non-hydrogen) atoms. The number of benzene rings is 2. The highest BCUT2D eigenvalue weighted by Gasteiger charge is 2.33. The average molecular weight is 479 g/mol. The summed E-state index contributed by atoms with van der Waals surface area (Å²) in [5, 5.41) is 7.11. The van der Waals surface area contributed by atoms with E-state index in [4.69, 9.17) is 9.73 Å². The molecule has 8 rings (SSSR count). The molecule has 0 bridgehead atoms. The molecule has 0 unspecified atom stereocenters. The Balaban J connectivity index is 1.08. The van der Waals surface area contributed by atoms with Gasteiger partial charge in [-0.05, 0) is 86.2 Å². The van der Waals surface area contributed by atoms with Crippen molar-refractivity contribution < 1.29 is 4.74 Å². The van der Waals surface area contributed by atoms with Crippen molar-refractivity contribution in [2.24, 2.45) is 4.99 Å². The van der Waals surface area contributed by atoms with Crippen molar-refractivity contribution in [2.45, 2.75) is 50.6 Å². The lowest BCUT2D eigenvalue weighted by Crippen LogP contribution is -2.29. The van der Waals surface area contributed by atoms with Gasteiger partial charge in [-0.15, -0.1) is 0 Å². The van der Waals surface area contributed by atoms with Crippen molar-refractivity contribution in [3.63, 3.8) is 0 Å². The Morgan fingerprint density at radius 2 is 1.83 bits per heavy atom. The summed E-state index contributed by atoms with van der Waals surface area (Å²) in [6.45, 7) is 3.14. The van der Waals surface area contributed by atoms with E-state index in [1.165, 1.54) is 47.4 Å². The first-order valence-corrected chi connectivity index (χ1v) is 13.3. The Morgan fingerprint density at radius 3 is 2.69 bits per heavy atom. The first-order chi connectivity index (χ1) is 17.8. The number of H-pyrrole nitrogens is 1. The van der Waals surface area contributed by atoms with Gasteiger partial charge in [0.15, 0.2) is 11.5 Å². The van der Waals surface area contributed by atoms with Crippen LogP contribution in [0.4, 0.5) is 11.4 Å². The molecule has 2 fully saturated rings. The summed E-state index contributed by atoms with van der Waals surface area (Å²) in [5.41, 5.74) is 9.74. The molecule has 1 aromatic heterocycles. The van der Waals surface area contributed by atoms with Gasteiger partial charge < -0.3 is 25.3 Å². The van der Waals surface area contributed by atoms with Crippen molar-refractivity contribution in [3.05, 3.63) is 59.7 Å². The van der Waals surface area contributed by atoms with Gasteiger partial charge in [-0.2, -0.15) is 0 Å². The number of aromatic nitrogens is 2. The fraction of sp³-hybridized carbons (Fsp3) is 0.379. The van der Waals surface area contributed by atoms with Gasteiger partial charge in [-0.1, -0.05) is 6.07 Å². The molecule has 0 saturated carbocycles. The summed E-state index contributed by atoms with van der Waals surface area (Å²) in [5.74, 6) is 2.90. The quantitative estimate of drug-likeness (QED) is 0.478. The van der Waals surface area contributed by atoms with Crippen LogP contribution >= 0.6 is 0 Å². The number of fused-ring (bicyclic) bond motifs is 2. The molecule has 2 atom stereocenters. The molecular formula is C29H30N6O. The predicted octanol–water partition coefficient (Wildman–Crippen LogP) is 5.24. The molecule has 5 aliphatic rings. The van der Waals surface area contributed by atoms with Crippen LogP contribution in [-0.2, 0) is 6.42 Å². The normalized spacial score (nSPS) is 23.9. The number of rotatable bonds is 4. The first-order valence-electron chi connectivity index (χ1n) is 13.3. The molecule has 2 saturated heterocycles. The van der Waals surface area contributed by atoms with Crippen molar-refractivity contribution in [3.8, 4) is 22.8 Å². The third-order valence-corrected chi connectivity index (χ3v) is 8.39. The molecule has 2 aromatic carbocycles. The zero-order valence-corrected chi connectivity index (χ0v) is 20.3. The summed E-state index contributed by atoms with van der Waals surface area (Å²) in [7, 11) is 0. The molecule has 5 aliphatic heterocycles. The van der Waals surface area contributed by atoms with Gasteiger partial charge in [0.2, 0.25) is 0 Å². The number of hydrogen-bond donors (Lipinski definition) is 3. The largest absolute Gasteiger partial charge is 0.453 e. The van der Waals surface area contributed by atoms with Gasteiger partial charge in [-0.3, -0.25) is 4.99 Å². The fourth-order valence-electron chi connectivity index (χ4n) is 6.50. The molecule has 0 spiro atoms. The molecule has 3 aromatic rings. The maximum Gasteiger partial charge on any atom is 0.152 e. The number of aromatic amines is 1. The van der Waals surface area contributed by atoms with Crippen LogP contribution in [-0.4, -0.2) is 41.4 Å². The maximum absolute atomic E-state index is 6.51. The second-order valence-corrected chi connectivity index (χ2v) is 10.6. The Kier molecular flexibility index (Phi) is 4.64. The minimum atomic E-state index is 0.338. The van der Waals surface area contributed by atoms with E-state index >= 15 is 0 Å². The highest BCUT2D eigenvalue weighted by atomic mass is 16.5. The topological polar surface area (TPSA) is 77.6 Å². The lowest BCUT2D eigenvalue weighted by atomic mass is 9.98. The fourth-order valence-corrected chi connectivity index (χ4v) is 6.50. The zero-order valence-electron chi connectivity index (χ0n) is 20.3. The van der Waals surface area contributed by atoms with Crippen LogP contribution in [0.2, 0.25) is 0 Å². The van der Waals surface area contributed by atoms with E-state index in [1.807, 2.05) is 6.20 Å². The highest BCUT2D eigenvalue weighted by Crippen LogP contribution is 2.53. The predicted molar refractivity (Wildman–Crippen MR) is 142 cm³/mol. The molecule has 182 valence electrons. The van der Waals surface area contributed by atoms with E-state index in [1.54, 1.807) is 0 Å². The Morgan fingerprint density at radius 1 is 0.944 bits per heavy atom. The standard InChI is InChI=1S/C29H30N6O/c1-3-21(30-8-1)23-12-20(15-32-23)17-5-6-26-25(13-17)35-10-7-18-11-19(14-27(36-26)28(18)35)24-16-33-29(34-24)22-4-2-9-31-22/h5-6,11,13-16,21-22,30-31H,1-4,7-10,12H2,(H,33,34)/t21-,22-/m0/s1. The van der Waals surface area contributed by atoms with E-state index in [-0.39, 0.29) is 0 Å². The van der Waals surface area contributed by atoms with Crippen molar-refractivity contribution >= 4 is 22.7 Å². The summed E-state index contributed by atoms with van der Waals surface area (Å²) >= 11 is 0. The number of allylic oxidation sites excluding steroid dienone is 1. The van der Waals surface area contributed by atoms with Gasteiger partial charge in [0.25, 0.3) is 0 Å². The third-order valence-electron chi connectivity index (χ3n) is 8.39. The van der Waals surface area contributed by atoms with Crippen molar-refractivity contribution in [2.75, 3.05) is 24.5 Å². The number of nitrogens with one attached hydrogen (secondary N) is 3. The molecule has 0 amide bonds. The smallest absolute Gasteiger partial charge is 0.152 e. The van der Waals surface area contributed by atoms with Gasteiger partial charge in [0.1, 0.15) is 5.82 Å². The van der Waals surface area contributed by atoms with Gasteiger partial charge in [0, 0.05) is 36.5 Å². The van der Waals surface area contributed by atoms with Gasteiger partial charge >= 0.3 is 0 Å². The van der Waals surface area contributed by atoms with Crippen molar-refractivity contribution in [1.29, 1.82) is 0 Å². The van der Waals surface area contributed by atoms with Gasteiger partial charge in [0.05, 0.1) is 29.3 Å². The second-order valence-electron chi connectivity index (χ2n) is 10.6. The molecule has 0 aliphatic carbocycles. The SMILES string of the molecule is C1=C(c2ccc3c(c2)N2CCc4cc(-c5cnc([C@@H]6CCCN6)[nH]5)cc(c42)O3)CC([C@@H]2CCCN2)=N1. The minimum Gasteiger partial charge on any atom is -0.453 e. The van der Waals surface area contributed by atoms with E-state index in [0.717, 1.165) is 73.2 Å². The maximum atomic E-state index is 6.51. The number of nitrogens with zero attached hydrogens (tertiary/aromatic N) is 3. The molecular weight excluding hydrogens is 448 g/mol. The number of hydrogen-bond acceptors (Lipinski definition) is 6. The Bertz CT molecular complexity index is 1420. The first kappa shape index (κ1) is 20.7. The summed E-state index contributed by atoms with van der Waals surface area (Å²) in [6.07, 6.45) is 10.8. The Labute approximate surface area is 210 Å². The van der Waals surface area contributed by atoms with Gasteiger partial charge in [-0.25, -0.2) is 4.98 Å². The van der Waals surface area contributed by atoms with E-state index in [9.17, 15) is 0 Å². The van der Waals surface area contributed by atoms with E-state index in [0.29, 0.717) is 12.1 Å². The van der Waals surface area contributed by atoms with Crippen LogP contribution in [0.1, 0.15) is 55.1 Å². The third kappa shape index (κ3) is 3.26. The number of imidazole rings is 1. The van der Waals surface area contributed by atoms with Crippen LogP contribution < -0.4 is 20.3 Å². The number of aliphatic imine (C=N–C) groups is 1. The van der Waals surface area contributed by atoms with E-state index < -0.39 is 0 Å². The highest BCUT2D eigenvalue weighted by molar-refractivity contribution is 6.02. The number of anilines is 2. The van der Waals surface area contributed by atoms with Crippen LogP contribution in [0.5, 0.6) is 11.5 Å². The minimum absolute atomic E-state index is 0.338. The molecule has 6 heterocycles. The monoisotopic (exact) mass is 478 g/mol.